The molecule has 0 heterocycles. The van der Waals surface area contributed by atoms with Crippen LogP contribution >= 0.6 is 0 Å². The van der Waals surface area contributed by atoms with Crippen molar-refractivity contribution in [2.45, 2.75) is 58.0 Å². The first-order valence-electron chi connectivity index (χ1n) is 5.88. The molecule has 0 unspecified atom stereocenters. The van der Waals surface area contributed by atoms with Crippen molar-refractivity contribution in [3.05, 3.63) is 0 Å². The van der Waals surface area contributed by atoms with Crippen LogP contribution < -0.4 is 0 Å². The maximum Gasteiger partial charge on any atom is 0.237 e. The van der Waals surface area contributed by atoms with E-state index < -0.39 is 5.66 Å². The molecule has 0 saturated heterocycles. The molecular weight excluding hydrogens is 204 g/mol. The van der Waals surface area contributed by atoms with E-state index in [1.54, 1.807) is 12.2 Å². The first-order chi connectivity index (χ1) is 7.70. The summed E-state index contributed by atoms with van der Waals surface area (Å²) in [5, 5.41) is 0. The fraction of sp³-hybridized carbons (Fsp3) is 0.833. The molecule has 4 nitrogen and oxygen atoms in total. The quantitative estimate of drug-likeness (QED) is 0.542. The maximum atomic E-state index is 10.6. The second-order valence-electron chi connectivity index (χ2n) is 4.42. The van der Waals surface area contributed by atoms with E-state index in [0.717, 1.165) is 32.1 Å². The zero-order valence-electron chi connectivity index (χ0n) is 9.95. The average Bonchev–Trinajstić information content (AvgIpc) is 2.31. The molecule has 0 spiro atoms. The van der Waals surface area contributed by atoms with Gasteiger partial charge in [-0.15, -0.1) is 0 Å². The van der Waals surface area contributed by atoms with Crippen molar-refractivity contribution in [3.63, 3.8) is 0 Å². The fourth-order valence-electron chi connectivity index (χ4n) is 3.00. The molecule has 0 amide bonds. The van der Waals surface area contributed by atoms with Crippen LogP contribution in [0.2, 0.25) is 0 Å². The minimum absolute atomic E-state index is 0.180. The number of rotatable bonds is 4. The van der Waals surface area contributed by atoms with Gasteiger partial charge in [0.15, 0.2) is 5.66 Å². The second kappa shape index (κ2) is 5.20. The molecule has 1 aliphatic rings. The van der Waals surface area contributed by atoms with Crippen LogP contribution in [0.25, 0.3) is 0 Å². The minimum atomic E-state index is -0.905. The van der Waals surface area contributed by atoms with Crippen molar-refractivity contribution in [2.75, 3.05) is 0 Å². The molecule has 0 bridgehead atoms. The Kier molecular flexibility index (Phi) is 4.17. The van der Waals surface area contributed by atoms with Crippen LogP contribution in [0.5, 0.6) is 0 Å². The lowest BCUT2D eigenvalue weighted by molar-refractivity contribution is 0.0594. The Morgan fingerprint density at radius 3 is 1.94 bits per heavy atom. The lowest BCUT2D eigenvalue weighted by Gasteiger charge is -2.46. The van der Waals surface area contributed by atoms with Gasteiger partial charge in [0.05, 0.1) is 0 Å². The molecule has 4 heteroatoms. The van der Waals surface area contributed by atoms with Gasteiger partial charge in [0.2, 0.25) is 12.2 Å². The Morgan fingerprint density at radius 2 is 1.50 bits per heavy atom. The Morgan fingerprint density at radius 1 is 1.00 bits per heavy atom. The molecule has 0 atom stereocenters. The summed E-state index contributed by atoms with van der Waals surface area (Å²) < 4.78 is 0. The normalized spacial score (nSPS) is 27.6. The van der Waals surface area contributed by atoms with Gasteiger partial charge in [0.25, 0.3) is 0 Å². The van der Waals surface area contributed by atoms with Crippen LogP contribution in [0.1, 0.15) is 52.4 Å². The molecule has 0 N–H and O–H groups in total. The van der Waals surface area contributed by atoms with Crippen molar-refractivity contribution in [3.8, 4) is 0 Å². The van der Waals surface area contributed by atoms with E-state index in [4.69, 9.17) is 0 Å². The third-order valence-electron chi connectivity index (χ3n) is 4.09. The van der Waals surface area contributed by atoms with Gasteiger partial charge in [0, 0.05) is 5.41 Å². The van der Waals surface area contributed by atoms with E-state index in [1.165, 1.54) is 0 Å². The van der Waals surface area contributed by atoms with E-state index in [9.17, 15) is 9.59 Å². The number of hydrogen-bond donors (Lipinski definition) is 0. The Hall–Kier alpha value is -1.24. The number of hydrogen-bond acceptors (Lipinski definition) is 4. The van der Waals surface area contributed by atoms with Gasteiger partial charge in [-0.05, 0) is 32.1 Å². The lowest BCUT2D eigenvalue weighted by Crippen LogP contribution is -2.47. The van der Waals surface area contributed by atoms with E-state index in [-0.39, 0.29) is 5.41 Å². The third kappa shape index (κ3) is 1.87. The SMILES string of the molecule is CCC1(CC)CCCCC1(N=C=O)N=C=O. The molecular formula is C12H18N2O2. The molecule has 1 fully saturated rings. The molecule has 1 saturated carbocycles. The minimum Gasteiger partial charge on any atom is -0.211 e. The molecule has 16 heavy (non-hydrogen) atoms. The van der Waals surface area contributed by atoms with Crippen molar-refractivity contribution < 1.29 is 9.59 Å². The van der Waals surface area contributed by atoms with Crippen molar-refractivity contribution >= 4 is 12.2 Å². The lowest BCUT2D eigenvalue weighted by atomic mass is 9.63. The second-order valence-corrected chi connectivity index (χ2v) is 4.42. The van der Waals surface area contributed by atoms with Crippen LogP contribution in [0.3, 0.4) is 0 Å². The zero-order valence-corrected chi connectivity index (χ0v) is 9.95. The maximum absolute atomic E-state index is 10.6. The van der Waals surface area contributed by atoms with Gasteiger partial charge in [-0.3, -0.25) is 0 Å². The van der Waals surface area contributed by atoms with E-state index in [1.807, 2.05) is 0 Å². The molecule has 0 aromatic rings. The van der Waals surface area contributed by atoms with Crippen LogP contribution in [0.15, 0.2) is 9.98 Å². The summed E-state index contributed by atoms with van der Waals surface area (Å²) in [6.07, 6.45) is 8.55. The topological polar surface area (TPSA) is 58.9 Å². The Labute approximate surface area is 95.9 Å². The monoisotopic (exact) mass is 222 g/mol. The predicted molar refractivity (Wildman–Crippen MR) is 60.5 cm³/mol. The van der Waals surface area contributed by atoms with Crippen molar-refractivity contribution in [1.82, 2.24) is 0 Å². The van der Waals surface area contributed by atoms with Gasteiger partial charge in [0.1, 0.15) is 0 Å². The summed E-state index contributed by atoms with van der Waals surface area (Å²) in [6.45, 7) is 4.12. The van der Waals surface area contributed by atoms with Gasteiger partial charge in [-0.1, -0.05) is 20.3 Å². The first-order valence-corrected chi connectivity index (χ1v) is 5.88. The van der Waals surface area contributed by atoms with Gasteiger partial charge in [-0.2, -0.15) is 9.98 Å². The zero-order chi connectivity index (χ0) is 12.1. The number of aliphatic imine (C=N–C) groups is 2. The fourth-order valence-corrected chi connectivity index (χ4v) is 3.00. The van der Waals surface area contributed by atoms with E-state index in [2.05, 4.69) is 23.8 Å². The van der Waals surface area contributed by atoms with Gasteiger partial charge >= 0.3 is 0 Å². The molecule has 88 valence electrons. The Bertz CT molecular complexity index is 317. The van der Waals surface area contributed by atoms with Crippen molar-refractivity contribution in [1.29, 1.82) is 0 Å². The summed E-state index contributed by atoms with van der Waals surface area (Å²) >= 11 is 0. The summed E-state index contributed by atoms with van der Waals surface area (Å²) in [4.78, 5) is 28.9. The predicted octanol–water partition coefficient (Wildman–Crippen LogP) is 2.73. The van der Waals surface area contributed by atoms with Crippen molar-refractivity contribution in [2.24, 2.45) is 15.4 Å². The van der Waals surface area contributed by atoms with Crippen LogP contribution in [0.4, 0.5) is 0 Å². The highest BCUT2D eigenvalue weighted by atomic mass is 16.1. The van der Waals surface area contributed by atoms with Crippen LogP contribution in [-0.2, 0) is 9.59 Å². The van der Waals surface area contributed by atoms with Gasteiger partial charge < -0.3 is 0 Å². The highest BCUT2D eigenvalue weighted by Gasteiger charge is 2.51. The summed E-state index contributed by atoms with van der Waals surface area (Å²) in [7, 11) is 0. The van der Waals surface area contributed by atoms with Gasteiger partial charge in [-0.25, -0.2) is 9.59 Å². The van der Waals surface area contributed by atoms with E-state index >= 15 is 0 Å². The summed E-state index contributed by atoms with van der Waals surface area (Å²) in [5.41, 5.74) is -1.08. The van der Waals surface area contributed by atoms with Crippen LogP contribution in [-0.4, -0.2) is 17.8 Å². The Balaban J connectivity index is 3.28. The molecule has 0 aromatic carbocycles. The first kappa shape index (κ1) is 12.8. The van der Waals surface area contributed by atoms with Crippen LogP contribution in [0, 0.1) is 5.41 Å². The molecule has 1 aliphatic carbocycles. The standard InChI is InChI=1S/C12H18N2O2/c1-3-11(4-2)7-5-6-8-12(11,13-9-15)14-10-16/h3-8H2,1-2H3. The molecule has 0 aromatic heterocycles. The molecule has 0 radical (unpaired) electrons. The van der Waals surface area contributed by atoms with E-state index in [0.29, 0.717) is 6.42 Å². The summed E-state index contributed by atoms with van der Waals surface area (Å²) in [5.74, 6) is 0. The number of nitrogens with zero attached hydrogens (tertiary/aromatic N) is 2. The molecule has 1 rings (SSSR count). The largest absolute Gasteiger partial charge is 0.237 e. The number of carbonyl (C=O) groups excluding carboxylic acids is 2. The highest BCUT2D eigenvalue weighted by Crippen LogP contribution is 2.51. The third-order valence-corrected chi connectivity index (χ3v) is 4.09. The summed E-state index contributed by atoms with van der Waals surface area (Å²) in [6, 6.07) is 0. The molecule has 0 aliphatic heterocycles. The number of isocyanates is 2. The highest BCUT2D eigenvalue weighted by molar-refractivity contribution is 5.40. The smallest absolute Gasteiger partial charge is 0.211 e. The average molecular weight is 222 g/mol.